The number of hydrogen-bond acceptors (Lipinski definition) is 4. The zero-order valence-corrected chi connectivity index (χ0v) is 11.3. The molecule has 4 nitrogen and oxygen atoms in total. The van der Waals surface area contributed by atoms with E-state index in [1.165, 1.54) is 0 Å². The van der Waals surface area contributed by atoms with E-state index in [-0.39, 0.29) is 6.61 Å². The first kappa shape index (κ1) is 17.7. The van der Waals surface area contributed by atoms with Crippen molar-refractivity contribution in [3.05, 3.63) is 0 Å². The fraction of sp³-hybridized carbons (Fsp3) is 0.833. The molecule has 0 aliphatic carbocycles. The summed E-state index contributed by atoms with van der Waals surface area (Å²) in [5, 5.41) is 0. The predicted molar refractivity (Wildman–Crippen MR) is 61.3 cm³/mol. The van der Waals surface area contributed by atoms with Crippen LogP contribution < -0.4 is 0 Å². The maximum Gasteiger partial charge on any atom is 0.490 e. The molecule has 0 saturated heterocycles. The molecule has 0 aliphatic rings. The molecule has 0 aromatic rings. The second-order valence-corrected chi connectivity index (χ2v) is 4.43. The number of esters is 2. The Morgan fingerprint density at radius 1 is 1.00 bits per heavy atom. The van der Waals surface area contributed by atoms with Gasteiger partial charge in [0.2, 0.25) is 0 Å². The van der Waals surface area contributed by atoms with Crippen LogP contribution in [-0.2, 0) is 19.1 Å². The summed E-state index contributed by atoms with van der Waals surface area (Å²) < 4.78 is 44.1. The topological polar surface area (TPSA) is 52.6 Å². The highest BCUT2D eigenvalue weighted by Gasteiger charge is 2.41. The van der Waals surface area contributed by atoms with Crippen LogP contribution in [0.4, 0.5) is 13.2 Å². The second-order valence-electron chi connectivity index (χ2n) is 4.43. The zero-order valence-electron chi connectivity index (χ0n) is 11.3. The van der Waals surface area contributed by atoms with E-state index in [1.54, 1.807) is 6.92 Å². The highest BCUT2D eigenvalue weighted by molar-refractivity contribution is 5.76. The summed E-state index contributed by atoms with van der Waals surface area (Å²) in [6.45, 7) is 4.52. The molecule has 0 aromatic carbocycles. The summed E-state index contributed by atoms with van der Waals surface area (Å²) in [6.07, 6.45) is -3.03. The van der Waals surface area contributed by atoms with Crippen molar-refractivity contribution < 1.29 is 32.2 Å². The van der Waals surface area contributed by atoms with Crippen molar-refractivity contribution in [2.24, 2.45) is 5.41 Å². The number of hydrogen-bond donors (Lipinski definition) is 0. The third-order valence-electron chi connectivity index (χ3n) is 2.86. The second kappa shape index (κ2) is 7.35. The minimum atomic E-state index is -5.02. The van der Waals surface area contributed by atoms with E-state index in [4.69, 9.17) is 4.74 Å². The van der Waals surface area contributed by atoms with Gasteiger partial charge in [0.15, 0.2) is 0 Å². The molecule has 0 fully saturated rings. The quantitative estimate of drug-likeness (QED) is 0.533. The number of carbonyl (C=O) groups excluding carboxylic acids is 2. The highest BCUT2D eigenvalue weighted by Crippen LogP contribution is 2.28. The molecule has 112 valence electrons. The summed E-state index contributed by atoms with van der Waals surface area (Å²) in [5.74, 6) is -2.77. The van der Waals surface area contributed by atoms with Crippen LogP contribution in [0.15, 0.2) is 0 Å². The Hall–Kier alpha value is -1.27. The van der Waals surface area contributed by atoms with E-state index in [0.29, 0.717) is 12.8 Å². The molecule has 19 heavy (non-hydrogen) atoms. The predicted octanol–water partition coefficient (Wildman–Crippen LogP) is 2.85. The molecule has 0 spiro atoms. The summed E-state index contributed by atoms with van der Waals surface area (Å²) in [7, 11) is 0. The molecule has 0 amide bonds. The molecule has 1 unspecified atom stereocenters. The van der Waals surface area contributed by atoms with Crippen LogP contribution in [-0.4, -0.2) is 31.3 Å². The van der Waals surface area contributed by atoms with E-state index in [1.807, 2.05) is 13.8 Å². The summed E-state index contributed by atoms with van der Waals surface area (Å²) in [4.78, 5) is 22.1. The summed E-state index contributed by atoms with van der Waals surface area (Å²) >= 11 is 0. The molecule has 0 heterocycles. The van der Waals surface area contributed by atoms with Gasteiger partial charge in [0.25, 0.3) is 0 Å². The van der Waals surface area contributed by atoms with Gasteiger partial charge in [0.05, 0.1) is 5.41 Å². The standard InChI is InChI=1S/C12H19F3O4/c1-4-6-11(3,5-2)9(16)18-7-8-19-10(17)12(13,14)15/h4-8H2,1-3H3. The van der Waals surface area contributed by atoms with Gasteiger partial charge in [-0.3, -0.25) is 4.79 Å². The van der Waals surface area contributed by atoms with Crippen LogP contribution >= 0.6 is 0 Å². The Kier molecular flexibility index (Phi) is 6.86. The van der Waals surface area contributed by atoms with Crippen molar-refractivity contribution in [2.45, 2.75) is 46.2 Å². The van der Waals surface area contributed by atoms with Crippen LogP contribution in [0, 0.1) is 5.41 Å². The lowest BCUT2D eigenvalue weighted by atomic mass is 9.83. The number of halogens is 3. The van der Waals surface area contributed by atoms with E-state index in [2.05, 4.69) is 4.74 Å². The SMILES string of the molecule is CCCC(C)(CC)C(=O)OCCOC(=O)C(F)(F)F. The summed E-state index contributed by atoms with van der Waals surface area (Å²) in [5.41, 5.74) is -0.650. The number of ether oxygens (including phenoxy) is 2. The Labute approximate surface area is 110 Å². The van der Waals surface area contributed by atoms with Crippen molar-refractivity contribution in [1.29, 1.82) is 0 Å². The molecule has 0 aliphatic heterocycles. The Bertz CT molecular complexity index is 315. The molecule has 0 rings (SSSR count). The first-order valence-corrected chi connectivity index (χ1v) is 6.08. The fourth-order valence-corrected chi connectivity index (χ4v) is 1.50. The maximum absolute atomic E-state index is 11.8. The number of alkyl halides is 3. The molecule has 0 aromatic heterocycles. The van der Waals surface area contributed by atoms with E-state index in [9.17, 15) is 22.8 Å². The molecular formula is C12H19F3O4. The van der Waals surface area contributed by atoms with Gasteiger partial charge >= 0.3 is 18.1 Å². The van der Waals surface area contributed by atoms with Gasteiger partial charge in [-0.2, -0.15) is 13.2 Å². The first-order chi connectivity index (χ1) is 8.67. The number of carbonyl (C=O) groups is 2. The number of rotatable bonds is 7. The van der Waals surface area contributed by atoms with Gasteiger partial charge in [-0.1, -0.05) is 20.3 Å². The van der Waals surface area contributed by atoms with Crippen molar-refractivity contribution >= 4 is 11.9 Å². The van der Waals surface area contributed by atoms with Gasteiger partial charge in [-0.25, -0.2) is 4.79 Å². The van der Waals surface area contributed by atoms with Gasteiger partial charge in [-0.15, -0.1) is 0 Å². The lowest BCUT2D eigenvalue weighted by Crippen LogP contribution is -2.31. The first-order valence-electron chi connectivity index (χ1n) is 6.08. The van der Waals surface area contributed by atoms with Crippen molar-refractivity contribution in [3.8, 4) is 0 Å². The van der Waals surface area contributed by atoms with Crippen LogP contribution in [0.2, 0.25) is 0 Å². The monoisotopic (exact) mass is 284 g/mol. The highest BCUT2D eigenvalue weighted by atomic mass is 19.4. The molecule has 1 atom stereocenters. The van der Waals surface area contributed by atoms with Crippen LogP contribution in [0.1, 0.15) is 40.0 Å². The van der Waals surface area contributed by atoms with Crippen molar-refractivity contribution in [1.82, 2.24) is 0 Å². The van der Waals surface area contributed by atoms with Crippen LogP contribution in [0.5, 0.6) is 0 Å². The molecule has 0 N–H and O–H groups in total. The third kappa shape index (κ3) is 5.94. The smallest absolute Gasteiger partial charge is 0.462 e. The van der Waals surface area contributed by atoms with Gasteiger partial charge < -0.3 is 9.47 Å². The molecule has 0 bridgehead atoms. The van der Waals surface area contributed by atoms with Gasteiger partial charge in [0.1, 0.15) is 13.2 Å². The van der Waals surface area contributed by atoms with E-state index >= 15 is 0 Å². The maximum atomic E-state index is 11.8. The van der Waals surface area contributed by atoms with Gasteiger partial charge in [0, 0.05) is 0 Å². The normalized spacial score (nSPS) is 14.6. The van der Waals surface area contributed by atoms with Gasteiger partial charge in [-0.05, 0) is 19.8 Å². The largest absolute Gasteiger partial charge is 0.490 e. The van der Waals surface area contributed by atoms with Crippen molar-refractivity contribution in [3.63, 3.8) is 0 Å². The molecular weight excluding hydrogens is 265 g/mol. The van der Waals surface area contributed by atoms with Crippen molar-refractivity contribution in [2.75, 3.05) is 13.2 Å². The molecule has 0 saturated carbocycles. The average molecular weight is 284 g/mol. The van der Waals surface area contributed by atoms with E-state index in [0.717, 1.165) is 6.42 Å². The molecule has 0 radical (unpaired) electrons. The third-order valence-corrected chi connectivity index (χ3v) is 2.86. The lowest BCUT2D eigenvalue weighted by Gasteiger charge is -2.25. The minimum Gasteiger partial charge on any atom is -0.462 e. The lowest BCUT2D eigenvalue weighted by molar-refractivity contribution is -0.201. The Morgan fingerprint density at radius 3 is 1.84 bits per heavy atom. The average Bonchev–Trinajstić information content (AvgIpc) is 2.32. The minimum absolute atomic E-state index is 0.375. The Morgan fingerprint density at radius 2 is 1.47 bits per heavy atom. The Balaban J connectivity index is 4.08. The fourth-order valence-electron chi connectivity index (χ4n) is 1.50. The van der Waals surface area contributed by atoms with E-state index < -0.39 is 30.1 Å². The van der Waals surface area contributed by atoms with Crippen LogP contribution in [0.25, 0.3) is 0 Å². The van der Waals surface area contributed by atoms with Crippen LogP contribution in [0.3, 0.4) is 0 Å². The zero-order chi connectivity index (χ0) is 15.1. The summed E-state index contributed by atoms with van der Waals surface area (Å²) in [6, 6.07) is 0. The molecule has 7 heteroatoms.